The first-order valence-electron chi connectivity index (χ1n) is 6.22. The number of carbonyl (C=O) groups excluding carboxylic acids is 2. The first kappa shape index (κ1) is 16.6. The van der Waals surface area contributed by atoms with Gasteiger partial charge in [-0.25, -0.2) is 14.8 Å². The molecule has 1 atom stereocenters. The summed E-state index contributed by atoms with van der Waals surface area (Å²) in [6.45, 7) is -0.613. The van der Waals surface area contributed by atoms with Crippen LogP contribution in [0, 0.1) is 0 Å². The Morgan fingerprint density at radius 2 is 2.39 bits per heavy atom. The van der Waals surface area contributed by atoms with Crippen molar-refractivity contribution in [3.63, 3.8) is 0 Å². The molecule has 0 saturated carbocycles. The van der Waals surface area contributed by atoms with Crippen LogP contribution in [0.25, 0.3) is 0 Å². The van der Waals surface area contributed by atoms with Gasteiger partial charge in [-0.3, -0.25) is 14.4 Å². The number of amides is 2. The molecule has 2 rings (SSSR count). The van der Waals surface area contributed by atoms with E-state index < -0.39 is 30.4 Å². The van der Waals surface area contributed by atoms with E-state index >= 15 is 0 Å². The largest absolute Gasteiger partial charge is 0.479 e. The van der Waals surface area contributed by atoms with E-state index in [4.69, 9.17) is 15.7 Å². The smallest absolute Gasteiger partial charge is 0.332 e. The van der Waals surface area contributed by atoms with Gasteiger partial charge in [0.15, 0.2) is 17.5 Å². The van der Waals surface area contributed by atoms with Crippen LogP contribution in [0.15, 0.2) is 10.5 Å². The number of nitrogen functional groups attached to an aromatic ring is 1. The number of nitrogens with two attached hydrogens (primary N) is 1. The van der Waals surface area contributed by atoms with Crippen LogP contribution >= 0.6 is 11.3 Å². The summed E-state index contributed by atoms with van der Waals surface area (Å²) < 4.78 is 0. The number of oxime groups is 1. The first-order chi connectivity index (χ1) is 10.9. The van der Waals surface area contributed by atoms with Gasteiger partial charge in [0.25, 0.3) is 11.8 Å². The zero-order chi connectivity index (χ0) is 17.0. The number of hydroxylamine groups is 2. The van der Waals surface area contributed by atoms with Crippen molar-refractivity contribution in [2.24, 2.45) is 5.16 Å². The predicted octanol–water partition coefficient (Wildman–Crippen LogP) is -1.58. The zero-order valence-corrected chi connectivity index (χ0v) is 12.7. The van der Waals surface area contributed by atoms with E-state index in [0.29, 0.717) is 0 Å². The minimum absolute atomic E-state index is 0.0251. The van der Waals surface area contributed by atoms with Crippen LogP contribution < -0.4 is 11.1 Å². The van der Waals surface area contributed by atoms with Crippen molar-refractivity contribution in [1.82, 2.24) is 15.4 Å². The van der Waals surface area contributed by atoms with Crippen LogP contribution in [0.1, 0.15) is 5.69 Å². The third-order valence-electron chi connectivity index (χ3n) is 2.70. The topological polar surface area (TPSA) is 156 Å². The molecule has 1 saturated heterocycles. The van der Waals surface area contributed by atoms with Gasteiger partial charge in [0.05, 0.1) is 6.54 Å². The van der Waals surface area contributed by atoms with Crippen molar-refractivity contribution in [3.05, 3.63) is 11.1 Å². The van der Waals surface area contributed by atoms with E-state index in [1.807, 2.05) is 0 Å². The molecule has 4 N–H and O–H groups in total. The molecule has 11 nitrogen and oxygen atoms in total. The van der Waals surface area contributed by atoms with Crippen LogP contribution in [0.2, 0.25) is 0 Å². The minimum Gasteiger partial charge on any atom is -0.479 e. The lowest BCUT2D eigenvalue weighted by molar-refractivity contribution is -0.216. The average Bonchev–Trinajstić information content (AvgIpc) is 2.92. The molecule has 1 unspecified atom stereocenters. The van der Waals surface area contributed by atoms with Crippen LogP contribution in [0.4, 0.5) is 5.13 Å². The highest BCUT2D eigenvalue weighted by Gasteiger charge is 2.40. The summed E-state index contributed by atoms with van der Waals surface area (Å²) in [7, 11) is 1.26. The average molecular weight is 343 g/mol. The molecule has 0 aromatic carbocycles. The Hall–Kier alpha value is -2.73. The van der Waals surface area contributed by atoms with Crippen molar-refractivity contribution in [3.8, 4) is 0 Å². The van der Waals surface area contributed by atoms with Gasteiger partial charge in [-0.05, 0) is 0 Å². The molecule has 1 aromatic rings. The summed E-state index contributed by atoms with van der Waals surface area (Å²) in [5.74, 6) is -2.44. The summed E-state index contributed by atoms with van der Waals surface area (Å²) in [6.07, 6.45) is 0. The van der Waals surface area contributed by atoms with Crippen LogP contribution in [0.3, 0.4) is 0 Å². The maximum absolute atomic E-state index is 12.2. The number of carboxylic acids is 1. The summed E-state index contributed by atoms with van der Waals surface area (Å²) in [5.41, 5.74) is 5.60. The minimum atomic E-state index is -1.21. The number of hydrogen-bond donors (Lipinski definition) is 3. The van der Waals surface area contributed by atoms with Crippen LogP contribution in [0.5, 0.6) is 0 Å². The number of nitrogens with zero attached hydrogens (tertiary/aromatic N) is 3. The Balaban J connectivity index is 1.95. The second kappa shape index (κ2) is 7.02. The Kier molecular flexibility index (Phi) is 5.08. The van der Waals surface area contributed by atoms with Crippen molar-refractivity contribution in [2.75, 3.05) is 26.0 Å². The first-order valence-corrected chi connectivity index (χ1v) is 7.09. The van der Waals surface area contributed by atoms with Gasteiger partial charge < -0.3 is 21.0 Å². The summed E-state index contributed by atoms with van der Waals surface area (Å²) in [4.78, 5) is 47.5. The fourth-order valence-corrected chi connectivity index (χ4v) is 2.22. The number of aliphatic carboxylic acids is 1. The number of anilines is 1. The van der Waals surface area contributed by atoms with E-state index in [2.05, 4.69) is 20.3 Å². The molecule has 0 spiro atoms. The molecule has 2 heterocycles. The summed E-state index contributed by atoms with van der Waals surface area (Å²) >= 11 is 1.12. The summed E-state index contributed by atoms with van der Waals surface area (Å²) in [5, 5.41) is 17.1. The van der Waals surface area contributed by atoms with E-state index in [1.165, 1.54) is 12.5 Å². The van der Waals surface area contributed by atoms with E-state index in [0.717, 1.165) is 16.4 Å². The maximum atomic E-state index is 12.2. The maximum Gasteiger partial charge on any atom is 0.332 e. The van der Waals surface area contributed by atoms with Gasteiger partial charge >= 0.3 is 5.97 Å². The van der Waals surface area contributed by atoms with Gasteiger partial charge in [0.1, 0.15) is 18.8 Å². The molecule has 1 aliphatic rings. The zero-order valence-electron chi connectivity index (χ0n) is 11.9. The third kappa shape index (κ3) is 3.92. The number of β-lactam (4-membered cyclic amide) rings is 1. The molecule has 0 bridgehead atoms. The normalized spacial score (nSPS) is 17.6. The Morgan fingerprint density at radius 3 is 2.91 bits per heavy atom. The molecule has 124 valence electrons. The van der Waals surface area contributed by atoms with Crippen molar-refractivity contribution in [1.29, 1.82) is 0 Å². The van der Waals surface area contributed by atoms with Gasteiger partial charge in [0.2, 0.25) is 0 Å². The van der Waals surface area contributed by atoms with Gasteiger partial charge in [0, 0.05) is 5.38 Å². The molecular weight excluding hydrogens is 330 g/mol. The van der Waals surface area contributed by atoms with E-state index in [9.17, 15) is 14.4 Å². The van der Waals surface area contributed by atoms with Crippen molar-refractivity contribution < 1.29 is 29.2 Å². The lowest BCUT2D eigenvalue weighted by Crippen LogP contribution is -2.64. The highest BCUT2D eigenvalue weighted by molar-refractivity contribution is 7.13. The number of thiazole rings is 1. The molecule has 1 aliphatic heterocycles. The quantitative estimate of drug-likeness (QED) is 0.304. The van der Waals surface area contributed by atoms with Crippen molar-refractivity contribution in [2.45, 2.75) is 6.04 Å². The molecule has 2 amide bonds. The summed E-state index contributed by atoms with van der Waals surface area (Å²) in [6, 6.07) is -0.839. The Labute approximate surface area is 133 Å². The lowest BCUT2D eigenvalue weighted by Gasteiger charge is -2.36. The highest BCUT2D eigenvalue weighted by Crippen LogP contribution is 2.14. The Morgan fingerprint density at radius 1 is 1.65 bits per heavy atom. The number of nitrogens with one attached hydrogen (secondary N) is 1. The Bertz CT molecular complexity index is 659. The highest BCUT2D eigenvalue weighted by atomic mass is 32.1. The molecule has 1 fully saturated rings. The molecule has 1 aromatic heterocycles. The second-order valence-electron chi connectivity index (χ2n) is 4.29. The van der Waals surface area contributed by atoms with Gasteiger partial charge in [-0.2, -0.15) is 0 Å². The number of rotatable bonds is 7. The SMILES string of the molecule is CO/N=C(\C(=O)NC1CN(OCC(=O)O)C1=O)c1csc(N)n1. The molecular formula is C11H13N5O6S. The van der Waals surface area contributed by atoms with E-state index in [1.54, 1.807) is 0 Å². The third-order valence-corrected chi connectivity index (χ3v) is 3.38. The fraction of sp³-hybridized carbons (Fsp3) is 0.364. The van der Waals surface area contributed by atoms with Crippen LogP contribution in [-0.4, -0.2) is 65.0 Å². The number of carboxylic acid groups (broad SMARTS) is 1. The van der Waals surface area contributed by atoms with Crippen molar-refractivity contribution >= 4 is 40.0 Å². The van der Waals surface area contributed by atoms with Gasteiger partial charge in [-0.15, -0.1) is 11.3 Å². The number of carbonyl (C=O) groups is 3. The number of hydrogen-bond acceptors (Lipinski definition) is 9. The predicted molar refractivity (Wildman–Crippen MR) is 77.3 cm³/mol. The monoisotopic (exact) mass is 343 g/mol. The second-order valence-corrected chi connectivity index (χ2v) is 5.18. The fourth-order valence-electron chi connectivity index (χ4n) is 1.67. The molecule has 0 aliphatic carbocycles. The molecule has 0 radical (unpaired) electrons. The molecule has 23 heavy (non-hydrogen) atoms. The standard InChI is InChI=1S/C11H13N5O6S/c1-21-15-8(6-4-23-11(12)14-6)9(19)13-5-2-16(10(5)20)22-3-7(17)18/h4-5H,2-3H2,1H3,(H2,12,14)(H,13,19)(H,17,18)/b15-8-. The van der Waals surface area contributed by atoms with Crippen LogP contribution in [-0.2, 0) is 24.1 Å². The number of aromatic nitrogens is 1. The lowest BCUT2D eigenvalue weighted by atomic mass is 10.1. The van der Waals surface area contributed by atoms with Gasteiger partial charge in [-0.1, -0.05) is 5.16 Å². The molecule has 12 heteroatoms. The van der Waals surface area contributed by atoms with E-state index in [-0.39, 0.29) is 23.1 Å².